The van der Waals surface area contributed by atoms with Crippen molar-refractivity contribution in [2.24, 2.45) is 5.92 Å². The molecule has 0 aromatic rings. The lowest BCUT2D eigenvalue weighted by atomic mass is 10.2. The Labute approximate surface area is 87.5 Å². The molecule has 0 spiro atoms. The minimum absolute atomic E-state index is 0.223. The summed E-state index contributed by atoms with van der Waals surface area (Å²) in [4.78, 5) is 2.44. The number of hydrogen-bond acceptors (Lipinski definition) is 3. The fourth-order valence-electron chi connectivity index (χ4n) is 1.85. The van der Waals surface area contributed by atoms with Gasteiger partial charge in [0.05, 0.1) is 6.10 Å². The number of rotatable bonds is 7. The number of nitrogens with zero attached hydrogens (tertiary/aromatic N) is 1. The molecule has 84 valence electrons. The number of aliphatic hydroxyl groups excluding tert-OH is 1. The van der Waals surface area contributed by atoms with E-state index >= 15 is 0 Å². The first kappa shape index (κ1) is 12.0. The molecule has 1 unspecified atom stereocenters. The van der Waals surface area contributed by atoms with E-state index in [1.807, 2.05) is 7.05 Å². The van der Waals surface area contributed by atoms with E-state index < -0.39 is 0 Å². The van der Waals surface area contributed by atoms with Crippen LogP contribution in [0.2, 0.25) is 0 Å². The van der Waals surface area contributed by atoms with Gasteiger partial charge in [0.1, 0.15) is 0 Å². The highest BCUT2D eigenvalue weighted by atomic mass is 16.3. The lowest BCUT2D eigenvalue weighted by Gasteiger charge is -2.26. The van der Waals surface area contributed by atoms with Crippen LogP contribution in [0.3, 0.4) is 0 Å². The molecular weight excluding hydrogens is 176 g/mol. The van der Waals surface area contributed by atoms with Crippen LogP contribution in [0.15, 0.2) is 0 Å². The second kappa shape index (κ2) is 5.69. The Balaban J connectivity index is 2.27. The van der Waals surface area contributed by atoms with E-state index in [1.165, 1.54) is 12.8 Å². The van der Waals surface area contributed by atoms with E-state index in [2.05, 4.69) is 24.1 Å². The average molecular weight is 200 g/mol. The van der Waals surface area contributed by atoms with Gasteiger partial charge in [0.2, 0.25) is 0 Å². The predicted octanol–water partition coefficient (Wildman–Crippen LogP) is 0.687. The summed E-state index contributed by atoms with van der Waals surface area (Å²) < 4.78 is 0. The maximum Gasteiger partial charge on any atom is 0.0791 e. The first-order chi connectivity index (χ1) is 6.63. The summed E-state index contributed by atoms with van der Waals surface area (Å²) in [6.07, 6.45) is 2.41. The third kappa shape index (κ3) is 4.40. The van der Waals surface area contributed by atoms with Crippen molar-refractivity contribution in [3.63, 3.8) is 0 Å². The van der Waals surface area contributed by atoms with Gasteiger partial charge in [0.15, 0.2) is 0 Å². The molecule has 0 amide bonds. The zero-order valence-corrected chi connectivity index (χ0v) is 9.66. The molecule has 1 rings (SSSR count). The van der Waals surface area contributed by atoms with Gasteiger partial charge in [-0.05, 0) is 25.8 Å². The fraction of sp³-hybridized carbons (Fsp3) is 1.00. The monoisotopic (exact) mass is 200 g/mol. The van der Waals surface area contributed by atoms with Crippen molar-refractivity contribution in [2.75, 3.05) is 26.7 Å². The van der Waals surface area contributed by atoms with Gasteiger partial charge in [-0.3, -0.25) is 4.90 Å². The molecule has 0 aromatic carbocycles. The largest absolute Gasteiger partial charge is 0.390 e. The first-order valence-corrected chi connectivity index (χ1v) is 5.70. The van der Waals surface area contributed by atoms with Crippen LogP contribution in [0.1, 0.15) is 26.7 Å². The van der Waals surface area contributed by atoms with Gasteiger partial charge >= 0.3 is 0 Å². The summed E-state index contributed by atoms with van der Waals surface area (Å²) in [6.45, 7) is 7.11. The summed E-state index contributed by atoms with van der Waals surface area (Å²) >= 11 is 0. The van der Waals surface area contributed by atoms with E-state index in [4.69, 9.17) is 0 Å². The lowest BCUT2D eigenvalue weighted by Crippen LogP contribution is -2.40. The summed E-state index contributed by atoms with van der Waals surface area (Å²) in [7, 11) is 1.88. The summed E-state index contributed by atoms with van der Waals surface area (Å²) in [5, 5.41) is 12.7. The molecule has 1 aliphatic rings. The highest BCUT2D eigenvalue weighted by Crippen LogP contribution is 2.27. The van der Waals surface area contributed by atoms with Gasteiger partial charge in [0, 0.05) is 25.7 Å². The molecule has 3 heteroatoms. The number of hydrogen-bond donors (Lipinski definition) is 2. The summed E-state index contributed by atoms with van der Waals surface area (Å²) in [5.41, 5.74) is 0. The SMILES string of the molecule is CNCC(O)CN(CC(C)C)C1CC1. The van der Waals surface area contributed by atoms with Crippen molar-refractivity contribution in [1.82, 2.24) is 10.2 Å². The maximum atomic E-state index is 9.70. The minimum atomic E-state index is -0.223. The molecule has 1 aliphatic carbocycles. The fourth-order valence-corrected chi connectivity index (χ4v) is 1.85. The van der Waals surface area contributed by atoms with Gasteiger partial charge in [-0.15, -0.1) is 0 Å². The molecule has 1 fully saturated rings. The normalized spacial score (nSPS) is 19.3. The minimum Gasteiger partial charge on any atom is -0.390 e. The lowest BCUT2D eigenvalue weighted by molar-refractivity contribution is 0.102. The van der Waals surface area contributed by atoms with Crippen molar-refractivity contribution < 1.29 is 5.11 Å². The van der Waals surface area contributed by atoms with E-state index in [0.29, 0.717) is 12.5 Å². The van der Waals surface area contributed by atoms with E-state index in [0.717, 1.165) is 19.1 Å². The van der Waals surface area contributed by atoms with Crippen molar-refractivity contribution in [1.29, 1.82) is 0 Å². The molecule has 0 radical (unpaired) electrons. The second-order valence-electron chi connectivity index (χ2n) is 4.79. The average Bonchev–Trinajstić information content (AvgIpc) is 2.84. The zero-order valence-electron chi connectivity index (χ0n) is 9.66. The number of aliphatic hydroxyl groups is 1. The first-order valence-electron chi connectivity index (χ1n) is 5.70. The quantitative estimate of drug-likeness (QED) is 0.634. The highest BCUT2D eigenvalue weighted by Gasteiger charge is 2.30. The molecule has 0 saturated heterocycles. The highest BCUT2D eigenvalue weighted by molar-refractivity contribution is 4.86. The Morgan fingerprint density at radius 1 is 1.36 bits per heavy atom. The molecule has 0 aromatic heterocycles. The number of likely N-dealkylation sites (N-methyl/N-ethyl adjacent to an activating group) is 1. The van der Waals surface area contributed by atoms with E-state index in [9.17, 15) is 5.11 Å². The van der Waals surface area contributed by atoms with Crippen LogP contribution in [0.25, 0.3) is 0 Å². The number of nitrogens with one attached hydrogen (secondary N) is 1. The third-order valence-corrected chi connectivity index (χ3v) is 2.55. The molecule has 0 bridgehead atoms. The van der Waals surface area contributed by atoms with Crippen molar-refractivity contribution in [3.05, 3.63) is 0 Å². The Kier molecular flexibility index (Phi) is 4.85. The molecule has 1 atom stereocenters. The molecule has 2 N–H and O–H groups in total. The van der Waals surface area contributed by atoms with Crippen LogP contribution in [-0.2, 0) is 0 Å². The van der Waals surface area contributed by atoms with Crippen LogP contribution in [0, 0.1) is 5.92 Å². The van der Waals surface area contributed by atoms with Gasteiger partial charge in [0.25, 0.3) is 0 Å². The maximum absolute atomic E-state index is 9.70. The topological polar surface area (TPSA) is 35.5 Å². The second-order valence-corrected chi connectivity index (χ2v) is 4.79. The van der Waals surface area contributed by atoms with Crippen LogP contribution in [-0.4, -0.2) is 48.8 Å². The summed E-state index contributed by atoms with van der Waals surface area (Å²) in [6, 6.07) is 0.754. The van der Waals surface area contributed by atoms with Gasteiger partial charge in [-0.2, -0.15) is 0 Å². The molecule has 1 saturated carbocycles. The Morgan fingerprint density at radius 2 is 2.00 bits per heavy atom. The van der Waals surface area contributed by atoms with Crippen LogP contribution >= 0.6 is 0 Å². The Hall–Kier alpha value is -0.120. The molecular formula is C11H24N2O. The molecule has 3 nitrogen and oxygen atoms in total. The van der Waals surface area contributed by atoms with Crippen LogP contribution < -0.4 is 5.32 Å². The Bertz CT molecular complexity index is 157. The Morgan fingerprint density at radius 3 is 2.43 bits per heavy atom. The predicted molar refractivity (Wildman–Crippen MR) is 59.4 cm³/mol. The van der Waals surface area contributed by atoms with Crippen molar-refractivity contribution in [3.8, 4) is 0 Å². The summed E-state index contributed by atoms with van der Waals surface area (Å²) in [5.74, 6) is 0.692. The zero-order chi connectivity index (χ0) is 10.6. The molecule has 0 heterocycles. The van der Waals surface area contributed by atoms with Gasteiger partial charge in [-0.1, -0.05) is 13.8 Å². The van der Waals surface area contributed by atoms with Gasteiger partial charge < -0.3 is 10.4 Å². The standard InChI is InChI=1S/C11H24N2O/c1-9(2)7-13(10-4-5-10)8-11(14)6-12-3/h9-12,14H,4-8H2,1-3H3. The van der Waals surface area contributed by atoms with E-state index in [1.54, 1.807) is 0 Å². The van der Waals surface area contributed by atoms with Crippen molar-refractivity contribution >= 4 is 0 Å². The third-order valence-electron chi connectivity index (χ3n) is 2.55. The smallest absolute Gasteiger partial charge is 0.0791 e. The molecule has 14 heavy (non-hydrogen) atoms. The van der Waals surface area contributed by atoms with Crippen LogP contribution in [0.4, 0.5) is 0 Å². The van der Waals surface area contributed by atoms with Gasteiger partial charge in [-0.25, -0.2) is 0 Å². The van der Waals surface area contributed by atoms with Crippen LogP contribution in [0.5, 0.6) is 0 Å². The molecule has 0 aliphatic heterocycles. The van der Waals surface area contributed by atoms with E-state index in [-0.39, 0.29) is 6.10 Å². The van der Waals surface area contributed by atoms with Crippen molar-refractivity contribution in [2.45, 2.75) is 38.8 Å².